The number of aliphatic imine (C=N–C) groups is 2. The Bertz CT molecular complexity index is 6770. The van der Waals surface area contributed by atoms with Crippen molar-refractivity contribution >= 4 is 109 Å². The standard InChI is InChI=1S/C28H29N5O4.C21H21N3O4S.C12H13N3O3S.C10H14N2OS.C9H12N2OS.C9H10O2.C8H12N2.C2ClNO2.CH3I.CH4O/c1-18-12-19(2)29-14-23(18)15-30-26-31-27(34)33(17-21-6-9-25-22(13-21)10-11-37-25)28(35)32(26)16-20-4-7-24(36-3)8-5-20;1-27-17-6-3-14(4-7-17)12-24-20(29-2)22-19(25)23(21(24)26)13-15-5-8-18-16(11-15)9-10-28-18;1-18-9-5-3-8(4-6-9)7-15-11(17)13-10(16)14-12(15)19-2;1-13-9-5-3-8(4-6-9)7-12-10(11)14-2;1-12-8-4-2-7(3-5-8)6-11-9(10)13;10-6-7-1-2-9-8(5-7)3-4-11-9;1-6-3-7(2)10-5-8(6)4-9;3-2(6)4-1-5;2*1-2/h4-9,12-14H,10-11,15-17H2,1-3H3,(H,30,31,34);3-8,11H,9-10,12-13H2,1-2H3;3-6H,7H2,1-2H3,(H,13,16,17);3-6H,7H2,1-2H3,(H2,11,12);2-5H,6H2,1H3,(H3,10,11,13);1-2,5,10H,3-4,6H2;3,5H,4,9H2,1-2H3;;1H3;2H,1H3. The van der Waals surface area contributed by atoms with Crippen LogP contribution < -0.4 is 99.9 Å². The smallest absolute Gasteiger partial charge is 0.355 e. The first-order valence-corrected chi connectivity index (χ1v) is 50.6. The molecule has 0 spiro atoms. The zero-order chi connectivity index (χ0) is 104. The fourth-order valence-electron chi connectivity index (χ4n) is 13.7. The molecule has 758 valence electrons. The Kier molecular flexibility index (Phi) is 50.3. The minimum absolute atomic E-state index is 0.118. The number of fused-ring (bicyclic) bond motifs is 3. The van der Waals surface area contributed by atoms with Crippen LogP contribution in [0.5, 0.6) is 46.0 Å². The van der Waals surface area contributed by atoms with Crippen molar-refractivity contribution in [1.82, 2.24) is 58.1 Å². The molecular formula is C101H118ClIN18O18S4. The number of isocyanates is 1. The number of amidine groups is 1. The predicted octanol–water partition coefficient (Wildman–Crippen LogP) is 12.5. The highest BCUT2D eigenvalue weighted by molar-refractivity contribution is 14.1. The van der Waals surface area contributed by atoms with E-state index in [9.17, 15) is 33.6 Å². The number of anilines is 1. The van der Waals surface area contributed by atoms with E-state index in [1.807, 2.05) is 226 Å². The second-order valence-corrected chi connectivity index (χ2v) is 33.7. The van der Waals surface area contributed by atoms with Crippen LogP contribution in [0.1, 0.15) is 94.8 Å². The first kappa shape index (κ1) is 116. The van der Waals surface area contributed by atoms with E-state index in [1.54, 1.807) is 54.3 Å². The topological polar surface area (TPSA) is 483 Å². The maximum Gasteiger partial charge on any atom is 0.355 e. The second-order valence-electron chi connectivity index (χ2n) is 30.5. The number of aromatic nitrogens is 11. The van der Waals surface area contributed by atoms with Gasteiger partial charge in [0, 0.05) is 69.8 Å². The average molecular weight is 2160 g/mol. The van der Waals surface area contributed by atoms with Gasteiger partial charge in [0.1, 0.15) is 46.0 Å². The van der Waals surface area contributed by atoms with Crippen LogP contribution in [-0.4, -0.2) is 171 Å². The molecule has 143 heavy (non-hydrogen) atoms. The summed E-state index contributed by atoms with van der Waals surface area (Å²) >= 11 is 15.3. The highest BCUT2D eigenvalue weighted by Gasteiger charge is 2.21. The Balaban J connectivity index is 0.000000234. The Labute approximate surface area is 864 Å². The molecule has 0 unspecified atom stereocenters. The lowest BCUT2D eigenvalue weighted by molar-refractivity contribution is 0.266. The lowest BCUT2D eigenvalue weighted by Gasteiger charge is -2.16. The fraction of sp³-hybridized carbons (Fsp3) is 0.297. The molecule has 3 aliphatic rings. The second kappa shape index (κ2) is 61.8. The van der Waals surface area contributed by atoms with E-state index in [1.165, 1.54) is 69.2 Å². The van der Waals surface area contributed by atoms with Crippen LogP contribution in [0.3, 0.4) is 0 Å². The molecule has 11 N–H and O–H groups in total. The van der Waals surface area contributed by atoms with E-state index in [0.29, 0.717) is 73.1 Å². The number of carbonyl (C=O) groups excluding carboxylic acids is 2. The van der Waals surface area contributed by atoms with Crippen molar-refractivity contribution in [2.24, 2.45) is 27.2 Å². The van der Waals surface area contributed by atoms with Gasteiger partial charge < -0.3 is 75.9 Å². The van der Waals surface area contributed by atoms with E-state index >= 15 is 0 Å². The minimum Gasteiger partial charge on any atom is -0.497 e. The van der Waals surface area contributed by atoms with Gasteiger partial charge in [0.25, 0.3) is 0 Å². The molecule has 0 saturated carbocycles. The molecule has 36 nitrogen and oxygen atoms in total. The fourth-order valence-corrected chi connectivity index (χ4v) is 15.0. The number of aliphatic hydroxyl groups excluding tert-OH is 2. The number of carbonyl (C=O) groups is 1. The predicted molar refractivity (Wildman–Crippen MR) is 574 cm³/mol. The Morgan fingerprint density at radius 3 is 1.27 bits per heavy atom. The number of halogens is 2. The summed E-state index contributed by atoms with van der Waals surface area (Å²) < 4.78 is 48.8. The highest BCUT2D eigenvalue weighted by atomic mass is 127. The molecule has 42 heteroatoms. The number of aromatic amines is 1. The van der Waals surface area contributed by atoms with Crippen molar-refractivity contribution < 1.29 is 57.7 Å². The van der Waals surface area contributed by atoms with Gasteiger partial charge in [0.15, 0.2) is 20.6 Å². The number of thioether (sulfide) groups is 3. The van der Waals surface area contributed by atoms with Crippen molar-refractivity contribution in [3.8, 4) is 46.0 Å². The molecule has 16 rings (SSSR count). The molecule has 0 atom stereocenters. The molecule has 8 aromatic carbocycles. The summed E-state index contributed by atoms with van der Waals surface area (Å²) in [5, 5.41) is 22.6. The molecule has 0 bridgehead atoms. The summed E-state index contributed by atoms with van der Waals surface area (Å²) in [6, 6.07) is 59.2. The van der Waals surface area contributed by atoms with Gasteiger partial charge >= 0.3 is 39.5 Å². The molecule has 0 saturated heterocycles. The normalized spacial score (nSPS) is 11.2. The third kappa shape index (κ3) is 37.6. The number of methoxy groups -OCH3 is 5. The summed E-state index contributed by atoms with van der Waals surface area (Å²) in [6.45, 7) is 13.6. The van der Waals surface area contributed by atoms with Gasteiger partial charge in [0.05, 0.1) is 101 Å². The van der Waals surface area contributed by atoms with Crippen molar-refractivity contribution in [1.29, 1.82) is 0 Å². The van der Waals surface area contributed by atoms with Gasteiger partial charge in [-0.1, -0.05) is 149 Å². The van der Waals surface area contributed by atoms with Crippen molar-refractivity contribution in [2.75, 3.05) is 91.5 Å². The van der Waals surface area contributed by atoms with E-state index in [-0.39, 0.29) is 37.9 Å². The van der Waals surface area contributed by atoms with Gasteiger partial charge in [-0.3, -0.25) is 38.4 Å². The number of hydrogen-bond acceptors (Lipinski definition) is 30. The zero-order valence-corrected chi connectivity index (χ0v) is 88.0. The lowest BCUT2D eigenvalue weighted by Crippen LogP contribution is -2.43. The number of alkyl halides is 1. The maximum absolute atomic E-state index is 13.7. The summed E-state index contributed by atoms with van der Waals surface area (Å²) in [5.74, 6) is 6.83. The summed E-state index contributed by atoms with van der Waals surface area (Å²) in [5.41, 5.74) is 30.7. The molecule has 0 radical (unpaired) electrons. The van der Waals surface area contributed by atoms with Crippen molar-refractivity contribution in [3.05, 3.63) is 358 Å². The van der Waals surface area contributed by atoms with E-state index in [2.05, 4.69) is 104 Å². The molecule has 5 aromatic heterocycles. The first-order chi connectivity index (χ1) is 69.0. The third-order valence-corrected chi connectivity index (χ3v) is 23.2. The van der Waals surface area contributed by atoms with Crippen molar-refractivity contribution in [3.63, 3.8) is 0 Å². The number of pyridine rings is 2. The van der Waals surface area contributed by atoms with Gasteiger partial charge in [-0.25, -0.2) is 42.7 Å². The number of nitrogens with zero attached hydrogens (tertiary/aromatic N) is 12. The van der Waals surface area contributed by atoms with Crippen LogP contribution in [0, 0.1) is 27.7 Å². The number of nitrogens with one attached hydrogen (secondary N) is 3. The number of nitrogens with two attached hydrogens (primary N) is 3. The number of benzene rings is 8. The maximum atomic E-state index is 13.7. The quantitative estimate of drug-likeness (QED) is 0.00287. The van der Waals surface area contributed by atoms with Gasteiger partial charge in [-0.15, -0.1) is 4.99 Å². The molecule has 3 aliphatic heterocycles. The van der Waals surface area contributed by atoms with Gasteiger partial charge in [-0.05, 0) is 256 Å². The number of ether oxygens (including phenoxy) is 8. The Morgan fingerprint density at radius 2 is 0.881 bits per heavy atom. The largest absolute Gasteiger partial charge is 0.497 e. The molecule has 0 fully saturated rings. The number of aliphatic hydroxyl groups is 2. The van der Waals surface area contributed by atoms with Crippen LogP contribution >= 0.6 is 81.7 Å². The third-order valence-electron chi connectivity index (χ3n) is 21.1. The van der Waals surface area contributed by atoms with Crippen LogP contribution in [-0.2, 0) is 89.6 Å². The zero-order valence-electron chi connectivity index (χ0n) is 81.8. The van der Waals surface area contributed by atoms with Crippen LogP contribution in [0.25, 0.3) is 0 Å². The first-order valence-electron chi connectivity index (χ1n) is 44.0. The molecular weight excluding hydrogens is 2040 g/mol. The molecule has 0 aliphatic carbocycles. The summed E-state index contributed by atoms with van der Waals surface area (Å²) in [6.07, 6.45) is 12.7. The molecule has 8 heterocycles. The summed E-state index contributed by atoms with van der Waals surface area (Å²) in [4.78, 5) is 125. The van der Waals surface area contributed by atoms with E-state index in [4.69, 9.17) is 70.1 Å². The number of hydrogen-bond donors (Lipinski definition) is 8. The number of rotatable bonds is 26. The van der Waals surface area contributed by atoms with Crippen LogP contribution in [0.2, 0.25) is 0 Å². The molecule has 1 amide bonds. The van der Waals surface area contributed by atoms with Crippen LogP contribution in [0.4, 0.5) is 10.7 Å². The van der Waals surface area contributed by atoms with E-state index in [0.717, 1.165) is 169 Å². The number of amides is 1. The Morgan fingerprint density at radius 1 is 0.510 bits per heavy atom. The average Bonchev–Trinajstić information content (AvgIpc) is 1.40. The Hall–Kier alpha value is -13.8. The highest BCUT2D eigenvalue weighted by Crippen LogP contribution is 2.30. The van der Waals surface area contributed by atoms with Crippen LogP contribution in [0.15, 0.2) is 250 Å². The number of thiocarbonyl (C=S) groups is 1. The van der Waals surface area contributed by atoms with Gasteiger partial charge in [-0.2, -0.15) is 15.0 Å². The van der Waals surface area contributed by atoms with Gasteiger partial charge in [0.2, 0.25) is 12.0 Å². The van der Waals surface area contributed by atoms with E-state index < -0.39 is 33.8 Å². The summed E-state index contributed by atoms with van der Waals surface area (Å²) in [7, 11) is 9.10. The number of H-pyrrole nitrogens is 1. The monoisotopic (exact) mass is 2160 g/mol. The SMILES string of the molecule is CI.CO.COc1ccc(CN=C(N)SC)cc1.COc1ccc(CNC(N)=S)cc1.COc1ccc(Cn2c(NCc3cnc(C)cc3C)nc(=O)n(Cc3ccc4c(c3)CCO4)c2=O)cc1.COc1ccc(Cn2c(SC)nc(=O)[nH]c2=O)cc1.COc1ccc(Cn2c(SC)nc(=O)n(Cc3ccc4c(c3)CCO4)c2=O)cc1.Cc1cc(C)c(CN)cn1.O=C=NC(=O)Cl.OCc1ccc2c(c1)CCO2. The minimum atomic E-state index is -1.04. The molecule has 13 aromatic rings. The lowest BCUT2D eigenvalue weighted by atomic mass is 10.1. The van der Waals surface area contributed by atoms with Crippen molar-refractivity contribution in [2.45, 2.75) is 123 Å². The number of aryl methyl sites for hydroxylation is 4.